The molecule has 116 valence electrons. The van der Waals surface area contributed by atoms with Crippen LogP contribution in [0.2, 0.25) is 0 Å². The Bertz CT molecular complexity index is 818. The minimum absolute atomic E-state index is 0.0181. The first-order valence-corrected chi connectivity index (χ1v) is 6.97. The highest BCUT2D eigenvalue weighted by Crippen LogP contribution is 2.34. The van der Waals surface area contributed by atoms with Crippen LogP contribution in [0.1, 0.15) is 10.4 Å². The number of carbonyl (C=O) groups excluding carboxylic acids is 2. The average Bonchev–Trinajstić information content (AvgIpc) is 3.01. The molecule has 0 aliphatic carbocycles. The number of carbonyl (C=O) groups is 2. The van der Waals surface area contributed by atoms with Gasteiger partial charge in [-0.15, -0.1) is 0 Å². The van der Waals surface area contributed by atoms with E-state index in [-0.39, 0.29) is 25.2 Å². The van der Waals surface area contributed by atoms with E-state index in [0.29, 0.717) is 34.2 Å². The lowest BCUT2D eigenvalue weighted by Gasteiger charge is -2.18. The van der Waals surface area contributed by atoms with E-state index in [1.54, 1.807) is 36.4 Å². The summed E-state index contributed by atoms with van der Waals surface area (Å²) >= 11 is 0. The second-order valence-electron chi connectivity index (χ2n) is 5.07. The second-order valence-corrected chi connectivity index (χ2v) is 5.07. The quantitative estimate of drug-likeness (QED) is 0.886. The van der Waals surface area contributed by atoms with Gasteiger partial charge in [0.05, 0.1) is 5.69 Å². The van der Waals surface area contributed by atoms with E-state index in [0.717, 1.165) is 0 Å². The van der Waals surface area contributed by atoms with Gasteiger partial charge in [0.1, 0.15) is 5.75 Å². The lowest BCUT2D eigenvalue weighted by molar-refractivity contribution is -0.118. The predicted molar refractivity (Wildman–Crippen MR) is 81.1 cm³/mol. The van der Waals surface area contributed by atoms with Gasteiger partial charge in [-0.05, 0) is 30.3 Å². The molecule has 0 fully saturated rings. The summed E-state index contributed by atoms with van der Waals surface area (Å²) < 4.78 is 15.8. The van der Waals surface area contributed by atoms with Crippen molar-refractivity contribution in [3.8, 4) is 17.2 Å². The van der Waals surface area contributed by atoms with Crippen molar-refractivity contribution in [1.82, 2.24) is 0 Å². The molecule has 2 N–H and O–H groups in total. The Morgan fingerprint density at radius 2 is 1.83 bits per heavy atom. The third-order valence-electron chi connectivity index (χ3n) is 3.51. The number of hydrogen-bond donors (Lipinski definition) is 2. The molecule has 7 nitrogen and oxygen atoms in total. The van der Waals surface area contributed by atoms with Crippen molar-refractivity contribution in [2.24, 2.45) is 0 Å². The van der Waals surface area contributed by atoms with Crippen molar-refractivity contribution in [3.05, 3.63) is 42.0 Å². The number of hydrogen-bond acceptors (Lipinski definition) is 5. The fourth-order valence-electron chi connectivity index (χ4n) is 2.40. The number of anilines is 2. The van der Waals surface area contributed by atoms with Crippen LogP contribution in [0, 0.1) is 0 Å². The number of ether oxygens (including phenoxy) is 3. The van der Waals surface area contributed by atoms with Gasteiger partial charge in [0, 0.05) is 17.3 Å². The normalized spacial score (nSPS) is 14.5. The van der Waals surface area contributed by atoms with Gasteiger partial charge in [0.25, 0.3) is 11.8 Å². The zero-order chi connectivity index (χ0) is 15.8. The third kappa shape index (κ3) is 2.52. The Hall–Kier alpha value is -3.22. The van der Waals surface area contributed by atoms with Crippen LogP contribution in [-0.2, 0) is 4.79 Å². The minimum Gasteiger partial charge on any atom is -0.482 e. The Kier molecular flexibility index (Phi) is 3.04. The van der Waals surface area contributed by atoms with Crippen molar-refractivity contribution >= 4 is 23.2 Å². The molecule has 2 amide bonds. The summed E-state index contributed by atoms with van der Waals surface area (Å²) in [7, 11) is 0. The lowest BCUT2D eigenvalue weighted by Crippen LogP contribution is -2.25. The monoisotopic (exact) mass is 312 g/mol. The third-order valence-corrected chi connectivity index (χ3v) is 3.51. The Labute approximate surface area is 131 Å². The zero-order valence-electron chi connectivity index (χ0n) is 11.9. The predicted octanol–water partition coefficient (Wildman–Crippen LogP) is 2.00. The smallest absolute Gasteiger partial charge is 0.262 e. The van der Waals surface area contributed by atoms with E-state index < -0.39 is 0 Å². The number of amides is 2. The van der Waals surface area contributed by atoms with Crippen LogP contribution >= 0.6 is 0 Å². The first kappa shape index (κ1) is 13.4. The van der Waals surface area contributed by atoms with Crippen molar-refractivity contribution < 1.29 is 23.8 Å². The fraction of sp³-hybridized carbons (Fsp3) is 0.125. The molecule has 0 radical (unpaired) electrons. The first-order valence-electron chi connectivity index (χ1n) is 6.97. The molecule has 0 bridgehead atoms. The summed E-state index contributed by atoms with van der Waals surface area (Å²) in [4.78, 5) is 23.7. The number of benzene rings is 2. The van der Waals surface area contributed by atoms with E-state index >= 15 is 0 Å². The highest BCUT2D eigenvalue weighted by molar-refractivity contribution is 6.06. The molecule has 7 heteroatoms. The molecular weight excluding hydrogens is 300 g/mol. The molecule has 0 atom stereocenters. The van der Waals surface area contributed by atoms with Gasteiger partial charge in [-0.3, -0.25) is 9.59 Å². The number of nitrogens with one attached hydrogen (secondary N) is 2. The van der Waals surface area contributed by atoms with Crippen LogP contribution in [0.15, 0.2) is 36.4 Å². The summed E-state index contributed by atoms with van der Waals surface area (Å²) in [6.45, 7) is 0.160. The Morgan fingerprint density at radius 1 is 1.00 bits per heavy atom. The standard InChI is InChI=1S/C16H12N2O5/c19-15-7-21-12-3-1-9(5-11(12)18-15)16(20)17-10-2-4-13-14(6-10)23-8-22-13/h1-6H,7-8H2,(H,17,20)(H,18,19). The molecule has 4 rings (SSSR count). The van der Waals surface area contributed by atoms with Gasteiger partial charge >= 0.3 is 0 Å². The summed E-state index contributed by atoms with van der Waals surface area (Å²) in [5.74, 6) is 1.24. The molecule has 2 aromatic rings. The first-order chi connectivity index (χ1) is 11.2. The van der Waals surface area contributed by atoms with Gasteiger partial charge in [-0.25, -0.2) is 0 Å². The fourth-order valence-corrected chi connectivity index (χ4v) is 2.40. The molecule has 23 heavy (non-hydrogen) atoms. The van der Waals surface area contributed by atoms with Gasteiger partial charge < -0.3 is 24.8 Å². The van der Waals surface area contributed by atoms with Crippen LogP contribution in [0.5, 0.6) is 17.2 Å². The molecular formula is C16H12N2O5. The molecule has 0 aromatic heterocycles. The van der Waals surface area contributed by atoms with Crippen molar-refractivity contribution in [2.75, 3.05) is 24.0 Å². The van der Waals surface area contributed by atoms with E-state index in [4.69, 9.17) is 14.2 Å². The Balaban J connectivity index is 1.55. The molecule has 0 saturated heterocycles. The van der Waals surface area contributed by atoms with Gasteiger partial charge in [0.15, 0.2) is 18.1 Å². The Morgan fingerprint density at radius 3 is 2.74 bits per heavy atom. The van der Waals surface area contributed by atoms with Crippen molar-refractivity contribution in [2.45, 2.75) is 0 Å². The lowest BCUT2D eigenvalue weighted by atomic mass is 10.1. The highest BCUT2D eigenvalue weighted by Gasteiger charge is 2.19. The molecule has 2 aliphatic heterocycles. The van der Waals surface area contributed by atoms with Gasteiger partial charge in [0.2, 0.25) is 6.79 Å². The maximum atomic E-state index is 12.3. The maximum Gasteiger partial charge on any atom is 0.262 e. The van der Waals surface area contributed by atoms with Crippen LogP contribution in [-0.4, -0.2) is 25.2 Å². The molecule has 2 aliphatic rings. The van der Waals surface area contributed by atoms with Crippen LogP contribution in [0.4, 0.5) is 11.4 Å². The summed E-state index contributed by atoms with van der Waals surface area (Å²) in [6, 6.07) is 10.0. The van der Waals surface area contributed by atoms with Gasteiger partial charge in [-0.2, -0.15) is 0 Å². The molecule has 0 saturated carbocycles. The van der Waals surface area contributed by atoms with E-state index in [2.05, 4.69) is 10.6 Å². The minimum atomic E-state index is -0.300. The summed E-state index contributed by atoms with van der Waals surface area (Å²) in [5, 5.41) is 5.45. The maximum absolute atomic E-state index is 12.3. The van der Waals surface area contributed by atoms with E-state index in [1.165, 1.54) is 0 Å². The average molecular weight is 312 g/mol. The summed E-state index contributed by atoms with van der Waals surface area (Å²) in [5.41, 5.74) is 1.49. The van der Waals surface area contributed by atoms with E-state index in [9.17, 15) is 9.59 Å². The largest absolute Gasteiger partial charge is 0.482 e. The number of rotatable bonds is 2. The van der Waals surface area contributed by atoms with Crippen molar-refractivity contribution in [3.63, 3.8) is 0 Å². The van der Waals surface area contributed by atoms with Gasteiger partial charge in [-0.1, -0.05) is 0 Å². The molecule has 0 spiro atoms. The topological polar surface area (TPSA) is 85.9 Å². The van der Waals surface area contributed by atoms with Crippen LogP contribution in [0.3, 0.4) is 0 Å². The molecule has 2 aromatic carbocycles. The van der Waals surface area contributed by atoms with Crippen LogP contribution in [0.25, 0.3) is 0 Å². The second kappa shape index (κ2) is 5.20. The SMILES string of the molecule is O=C1COc2ccc(C(=O)Nc3ccc4c(c3)OCO4)cc2N1. The molecule has 0 unspecified atom stereocenters. The molecule has 2 heterocycles. The van der Waals surface area contributed by atoms with Crippen LogP contribution < -0.4 is 24.8 Å². The van der Waals surface area contributed by atoms with E-state index in [1.807, 2.05) is 0 Å². The highest BCUT2D eigenvalue weighted by atomic mass is 16.7. The number of fused-ring (bicyclic) bond motifs is 2. The van der Waals surface area contributed by atoms with Crippen molar-refractivity contribution in [1.29, 1.82) is 0 Å². The summed E-state index contributed by atoms with van der Waals surface area (Å²) in [6.07, 6.45) is 0. The zero-order valence-corrected chi connectivity index (χ0v) is 11.9.